The van der Waals surface area contributed by atoms with Crippen LogP contribution in [0.1, 0.15) is 23.8 Å². The summed E-state index contributed by atoms with van der Waals surface area (Å²) in [5, 5.41) is 7.81. The molecule has 0 atom stereocenters. The Morgan fingerprint density at radius 3 is 2.40 bits per heavy atom. The monoisotopic (exact) mass is 431 g/mol. The van der Waals surface area contributed by atoms with Crippen LogP contribution in [0.15, 0.2) is 44.3 Å². The number of aromatic nitrogens is 3. The fourth-order valence-electron chi connectivity index (χ4n) is 3.68. The minimum atomic E-state index is -3.57. The molecule has 1 aliphatic heterocycles. The molecule has 0 aliphatic carbocycles. The Hall–Kier alpha value is -2.56. The summed E-state index contributed by atoms with van der Waals surface area (Å²) in [4.78, 5) is 6.91. The molecule has 0 amide bonds. The van der Waals surface area contributed by atoms with E-state index in [-0.39, 0.29) is 4.90 Å². The van der Waals surface area contributed by atoms with Crippen molar-refractivity contribution in [1.82, 2.24) is 24.5 Å². The molecule has 0 spiro atoms. The van der Waals surface area contributed by atoms with E-state index >= 15 is 0 Å². The van der Waals surface area contributed by atoms with E-state index in [9.17, 15) is 8.42 Å². The van der Waals surface area contributed by atoms with Crippen LogP contribution in [-0.2, 0) is 16.4 Å². The van der Waals surface area contributed by atoms with Gasteiger partial charge in [-0.15, -0.1) is 0 Å². The summed E-state index contributed by atoms with van der Waals surface area (Å²) >= 11 is 0. The average molecular weight is 432 g/mol. The standard InChI is InChI=1S/C20H25N5O4S/c1-15-19(16(2)28-22-15)30(26,27)25-13-11-24(12-14-25)10-6-9-18-21-20(23-29-18)17-7-4-3-5-8-17/h3-5,7-8H,6,9-14H2,1-2H3. The van der Waals surface area contributed by atoms with Crippen LogP contribution in [0, 0.1) is 13.8 Å². The highest BCUT2D eigenvalue weighted by Gasteiger charge is 2.33. The molecule has 30 heavy (non-hydrogen) atoms. The second-order valence-electron chi connectivity index (χ2n) is 7.38. The quantitative estimate of drug-likeness (QED) is 0.561. The van der Waals surface area contributed by atoms with Gasteiger partial charge >= 0.3 is 0 Å². The van der Waals surface area contributed by atoms with E-state index < -0.39 is 10.0 Å². The average Bonchev–Trinajstić information content (AvgIpc) is 3.35. The molecule has 1 fully saturated rings. The number of benzene rings is 1. The van der Waals surface area contributed by atoms with Crippen LogP contribution in [-0.4, -0.2) is 65.6 Å². The Balaban J connectivity index is 1.26. The zero-order valence-electron chi connectivity index (χ0n) is 17.1. The fraction of sp³-hybridized carbons (Fsp3) is 0.450. The van der Waals surface area contributed by atoms with Crippen LogP contribution in [0.5, 0.6) is 0 Å². The molecule has 10 heteroatoms. The third kappa shape index (κ3) is 4.30. The van der Waals surface area contributed by atoms with Crippen molar-refractivity contribution >= 4 is 10.0 Å². The van der Waals surface area contributed by atoms with Gasteiger partial charge in [0.1, 0.15) is 10.6 Å². The van der Waals surface area contributed by atoms with Crippen molar-refractivity contribution in [2.45, 2.75) is 31.6 Å². The van der Waals surface area contributed by atoms with Crippen molar-refractivity contribution in [1.29, 1.82) is 0 Å². The van der Waals surface area contributed by atoms with Gasteiger partial charge in [0.05, 0.1) is 0 Å². The highest BCUT2D eigenvalue weighted by atomic mass is 32.2. The van der Waals surface area contributed by atoms with Crippen molar-refractivity contribution in [2.24, 2.45) is 0 Å². The predicted octanol–water partition coefficient (Wildman–Crippen LogP) is 2.28. The van der Waals surface area contributed by atoms with Gasteiger partial charge in [-0.3, -0.25) is 0 Å². The van der Waals surface area contributed by atoms with Gasteiger partial charge in [0.2, 0.25) is 21.7 Å². The van der Waals surface area contributed by atoms with Crippen LogP contribution < -0.4 is 0 Å². The summed E-state index contributed by atoms with van der Waals surface area (Å²) in [5.41, 5.74) is 1.34. The molecule has 3 heterocycles. The largest absolute Gasteiger partial charge is 0.360 e. The Labute approximate surface area is 175 Å². The molecule has 0 N–H and O–H groups in total. The van der Waals surface area contributed by atoms with Gasteiger partial charge in [-0.1, -0.05) is 40.6 Å². The van der Waals surface area contributed by atoms with Gasteiger partial charge in [-0.2, -0.15) is 9.29 Å². The Kier molecular flexibility index (Phi) is 5.98. The predicted molar refractivity (Wildman–Crippen MR) is 109 cm³/mol. The number of hydrogen-bond acceptors (Lipinski definition) is 8. The van der Waals surface area contributed by atoms with Gasteiger partial charge < -0.3 is 13.9 Å². The first-order chi connectivity index (χ1) is 14.4. The zero-order chi connectivity index (χ0) is 21.1. The van der Waals surface area contributed by atoms with E-state index in [4.69, 9.17) is 9.05 Å². The number of hydrogen-bond donors (Lipinski definition) is 0. The minimum absolute atomic E-state index is 0.196. The van der Waals surface area contributed by atoms with E-state index in [0.29, 0.717) is 55.8 Å². The second kappa shape index (κ2) is 8.66. The Morgan fingerprint density at radius 2 is 1.73 bits per heavy atom. The van der Waals surface area contributed by atoms with E-state index in [1.807, 2.05) is 30.3 Å². The number of aryl methyl sites for hydroxylation is 3. The third-order valence-corrected chi connectivity index (χ3v) is 7.41. The van der Waals surface area contributed by atoms with E-state index in [2.05, 4.69) is 20.2 Å². The zero-order valence-corrected chi connectivity index (χ0v) is 17.9. The van der Waals surface area contributed by atoms with Crippen LogP contribution in [0.25, 0.3) is 11.4 Å². The molecule has 0 unspecified atom stereocenters. The number of nitrogens with zero attached hydrogens (tertiary/aromatic N) is 5. The van der Waals surface area contributed by atoms with Crippen molar-refractivity contribution < 1.29 is 17.5 Å². The summed E-state index contributed by atoms with van der Waals surface area (Å²) in [6.45, 7) is 6.39. The van der Waals surface area contributed by atoms with Gasteiger partial charge in [0.25, 0.3) is 0 Å². The van der Waals surface area contributed by atoms with Crippen molar-refractivity contribution in [3.05, 3.63) is 47.7 Å². The lowest BCUT2D eigenvalue weighted by Crippen LogP contribution is -2.48. The SMILES string of the molecule is Cc1noc(C)c1S(=O)(=O)N1CCN(CCCc2nc(-c3ccccc3)no2)CC1. The smallest absolute Gasteiger partial charge is 0.248 e. The van der Waals surface area contributed by atoms with Crippen molar-refractivity contribution in [3.8, 4) is 11.4 Å². The summed E-state index contributed by atoms with van der Waals surface area (Å²) < 4.78 is 37.7. The third-order valence-electron chi connectivity index (χ3n) is 5.26. The maximum atomic E-state index is 12.9. The molecule has 1 saturated heterocycles. The molecule has 160 valence electrons. The number of sulfonamides is 1. The van der Waals surface area contributed by atoms with E-state index in [0.717, 1.165) is 18.5 Å². The minimum Gasteiger partial charge on any atom is -0.360 e. The highest BCUT2D eigenvalue weighted by molar-refractivity contribution is 7.89. The molecule has 4 rings (SSSR count). The summed E-state index contributed by atoms with van der Waals surface area (Å²) in [7, 11) is -3.57. The van der Waals surface area contributed by atoms with Crippen LogP contribution >= 0.6 is 0 Å². The van der Waals surface area contributed by atoms with Crippen molar-refractivity contribution in [3.63, 3.8) is 0 Å². The van der Waals surface area contributed by atoms with Crippen LogP contribution in [0.4, 0.5) is 0 Å². The summed E-state index contributed by atoms with van der Waals surface area (Å²) in [6, 6.07) is 9.73. The van der Waals surface area contributed by atoms with Gasteiger partial charge in [-0.05, 0) is 26.8 Å². The lowest BCUT2D eigenvalue weighted by Gasteiger charge is -2.33. The molecule has 2 aromatic heterocycles. The molecule has 0 radical (unpaired) electrons. The molecule has 0 saturated carbocycles. The maximum Gasteiger partial charge on any atom is 0.248 e. The van der Waals surface area contributed by atoms with E-state index in [1.54, 1.807) is 13.8 Å². The Morgan fingerprint density at radius 1 is 1.00 bits per heavy atom. The molecular weight excluding hydrogens is 406 g/mol. The first-order valence-electron chi connectivity index (χ1n) is 9.98. The second-order valence-corrected chi connectivity index (χ2v) is 9.26. The first-order valence-corrected chi connectivity index (χ1v) is 11.4. The molecular formula is C20H25N5O4S. The topological polar surface area (TPSA) is 106 Å². The lowest BCUT2D eigenvalue weighted by atomic mass is 10.2. The number of rotatable bonds is 7. The Bertz CT molecular complexity index is 1070. The normalized spacial score (nSPS) is 16.2. The molecule has 9 nitrogen and oxygen atoms in total. The fourth-order valence-corrected chi connectivity index (χ4v) is 5.39. The lowest BCUT2D eigenvalue weighted by molar-refractivity contribution is 0.185. The van der Waals surface area contributed by atoms with Gasteiger partial charge in [0, 0.05) is 38.2 Å². The van der Waals surface area contributed by atoms with Crippen LogP contribution in [0.2, 0.25) is 0 Å². The van der Waals surface area contributed by atoms with Gasteiger partial charge in [0.15, 0.2) is 5.76 Å². The van der Waals surface area contributed by atoms with Crippen LogP contribution in [0.3, 0.4) is 0 Å². The highest BCUT2D eigenvalue weighted by Crippen LogP contribution is 2.24. The van der Waals surface area contributed by atoms with Gasteiger partial charge in [-0.25, -0.2) is 8.42 Å². The number of piperazine rings is 1. The summed E-state index contributed by atoms with van der Waals surface area (Å²) in [5.74, 6) is 1.56. The molecule has 1 aliphatic rings. The maximum absolute atomic E-state index is 12.9. The van der Waals surface area contributed by atoms with E-state index in [1.165, 1.54) is 4.31 Å². The molecule has 1 aromatic carbocycles. The van der Waals surface area contributed by atoms with Crippen molar-refractivity contribution in [2.75, 3.05) is 32.7 Å². The molecule has 0 bridgehead atoms. The molecule has 3 aromatic rings. The first kappa shape index (κ1) is 20.7. The summed E-state index contributed by atoms with van der Waals surface area (Å²) in [6.07, 6.45) is 1.56.